The van der Waals surface area contributed by atoms with Crippen LogP contribution in [-0.4, -0.2) is 25.7 Å². The van der Waals surface area contributed by atoms with Gasteiger partial charge in [-0.2, -0.15) is 0 Å². The SMILES string of the molecule is COC(=O)C1=C(c2ccc(C)cc2)C(CN)=C(CC(C)(C)C)N(c2oc(=O)oc2C)C1C. The van der Waals surface area contributed by atoms with Crippen molar-refractivity contribution in [2.24, 2.45) is 11.1 Å². The minimum absolute atomic E-state index is 0.104. The molecular formula is C25H32N2O5. The molecule has 0 saturated heterocycles. The number of hydrogen-bond acceptors (Lipinski definition) is 7. The second kappa shape index (κ2) is 8.82. The number of ether oxygens (including phenoxy) is 1. The Morgan fingerprint density at radius 1 is 1.16 bits per heavy atom. The Hall–Kier alpha value is -3.06. The zero-order valence-electron chi connectivity index (χ0n) is 19.9. The van der Waals surface area contributed by atoms with Crippen molar-refractivity contribution < 1.29 is 18.4 Å². The third kappa shape index (κ3) is 4.43. The van der Waals surface area contributed by atoms with E-state index < -0.39 is 17.8 Å². The monoisotopic (exact) mass is 440 g/mol. The smallest absolute Gasteiger partial charge is 0.466 e. The number of rotatable bonds is 5. The van der Waals surface area contributed by atoms with Crippen LogP contribution in [0.3, 0.4) is 0 Å². The summed E-state index contributed by atoms with van der Waals surface area (Å²) >= 11 is 0. The highest BCUT2D eigenvalue weighted by Gasteiger charge is 2.40. The lowest BCUT2D eigenvalue weighted by atomic mass is 9.80. The molecule has 7 nitrogen and oxygen atoms in total. The van der Waals surface area contributed by atoms with Crippen molar-refractivity contribution in [2.45, 2.75) is 54.0 Å². The van der Waals surface area contributed by atoms with Crippen molar-refractivity contribution in [3.8, 4) is 0 Å². The standard InChI is InChI=1S/C25H32N2O5/c1-14-8-10-17(11-9-14)21-18(13-26)19(12-25(4,5)6)27(15(2)20(21)23(28)30-7)22-16(3)31-24(29)32-22/h8-11,15H,12-13,26H2,1-7H3. The maximum absolute atomic E-state index is 13.1. The summed E-state index contributed by atoms with van der Waals surface area (Å²) in [6, 6.07) is 7.51. The van der Waals surface area contributed by atoms with Gasteiger partial charge >= 0.3 is 11.8 Å². The number of methoxy groups -OCH3 is 1. The van der Waals surface area contributed by atoms with Gasteiger partial charge in [-0.15, -0.1) is 0 Å². The van der Waals surface area contributed by atoms with E-state index in [0.717, 1.165) is 28.0 Å². The molecule has 1 unspecified atom stereocenters. The first-order valence-corrected chi connectivity index (χ1v) is 10.7. The number of esters is 1. The molecule has 0 bridgehead atoms. The predicted octanol–water partition coefficient (Wildman–Crippen LogP) is 4.33. The molecule has 0 saturated carbocycles. The van der Waals surface area contributed by atoms with E-state index >= 15 is 0 Å². The molecule has 32 heavy (non-hydrogen) atoms. The summed E-state index contributed by atoms with van der Waals surface area (Å²) < 4.78 is 15.8. The zero-order valence-corrected chi connectivity index (χ0v) is 19.9. The molecule has 0 aliphatic carbocycles. The number of hydrogen-bond donors (Lipinski definition) is 1. The summed E-state index contributed by atoms with van der Waals surface area (Å²) in [5, 5.41) is 0. The Labute approximate surface area is 188 Å². The zero-order chi connectivity index (χ0) is 23.8. The Morgan fingerprint density at radius 3 is 2.25 bits per heavy atom. The number of aryl methyl sites for hydroxylation is 2. The van der Waals surface area contributed by atoms with E-state index in [2.05, 4.69) is 20.8 Å². The van der Waals surface area contributed by atoms with Crippen LogP contribution in [0.15, 0.2) is 54.7 Å². The molecule has 0 fully saturated rings. The van der Waals surface area contributed by atoms with Crippen molar-refractivity contribution in [3.05, 3.63) is 68.6 Å². The molecule has 2 heterocycles. The molecule has 1 aliphatic heterocycles. The van der Waals surface area contributed by atoms with Gasteiger partial charge in [-0.25, -0.2) is 9.59 Å². The largest absolute Gasteiger partial charge is 0.520 e. The predicted molar refractivity (Wildman–Crippen MR) is 124 cm³/mol. The van der Waals surface area contributed by atoms with Crippen molar-refractivity contribution in [1.82, 2.24) is 0 Å². The fourth-order valence-corrected chi connectivity index (χ4v) is 4.23. The molecule has 7 heteroatoms. The van der Waals surface area contributed by atoms with Gasteiger partial charge in [0.25, 0.3) is 0 Å². The quantitative estimate of drug-likeness (QED) is 0.691. The van der Waals surface area contributed by atoms with Crippen LogP contribution in [0.25, 0.3) is 5.57 Å². The second-order valence-corrected chi connectivity index (χ2v) is 9.37. The highest BCUT2D eigenvalue weighted by Crippen LogP contribution is 2.44. The number of benzene rings is 1. The third-order valence-corrected chi connectivity index (χ3v) is 5.60. The maximum Gasteiger partial charge on any atom is 0.520 e. The number of carbonyl (C=O) groups is 1. The van der Waals surface area contributed by atoms with Gasteiger partial charge in [0.1, 0.15) is 0 Å². The summed E-state index contributed by atoms with van der Waals surface area (Å²) in [6.45, 7) is 12.1. The van der Waals surface area contributed by atoms with Gasteiger partial charge in [0.05, 0.1) is 18.7 Å². The van der Waals surface area contributed by atoms with Crippen LogP contribution in [-0.2, 0) is 9.53 Å². The van der Waals surface area contributed by atoms with Crippen molar-refractivity contribution in [3.63, 3.8) is 0 Å². The number of carbonyl (C=O) groups excluding carboxylic acids is 1. The first-order chi connectivity index (χ1) is 15.0. The van der Waals surface area contributed by atoms with E-state index in [9.17, 15) is 9.59 Å². The van der Waals surface area contributed by atoms with Crippen LogP contribution in [0, 0.1) is 19.3 Å². The van der Waals surface area contributed by atoms with Crippen LogP contribution in [0.5, 0.6) is 0 Å². The minimum Gasteiger partial charge on any atom is -0.466 e. The van der Waals surface area contributed by atoms with E-state index in [-0.39, 0.29) is 17.8 Å². The number of allylic oxidation sites excluding steroid dienone is 1. The van der Waals surface area contributed by atoms with Crippen LogP contribution in [0.4, 0.5) is 5.88 Å². The van der Waals surface area contributed by atoms with Crippen molar-refractivity contribution >= 4 is 17.4 Å². The highest BCUT2D eigenvalue weighted by atomic mass is 16.6. The molecular weight excluding hydrogens is 408 g/mol. The van der Waals surface area contributed by atoms with Gasteiger partial charge in [-0.05, 0) is 43.7 Å². The van der Waals surface area contributed by atoms with Crippen molar-refractivity contribution in [2.75, 3.05) is 18.6 Å². The van der Waals surface area contributed by atoms with Gasteiger partial charge < -0.3 is 24.2 Å². The number of anilines is 1. The topological polar surface area (TPSA) is 98.9 Å². The summed E-state index contributed by atoms with van der Waals surface area (Å²) in [7, 11) is 1.36. The van der Waals surface area contributed by atoms with Gasteiger partial charge in [-0.3, -0.25) is 0 Å². The molecule has 0 radical (unpaired) electrons. The first-order valence-electron chi connectivity index (χ1n) is 10.7. The van der Waals surface area contributed by atoms with Gasteiger partial charge in [0.2, 0.25) is 5.88 Å². The van der Waals surface area contributed by atoms with E-state index in [1.807, 2.05) is 43.0 Å². The van der Waals surface area contributed by atoms with Crippen LogP contribution >= 0.6 is 0 Å². The molecule has 1 aromatic carbocycles. The lowest BCUT2D eigenvalue weighted by molar-refractivity contribution is -0.136. The first kappa shape index (κ1) is 23.6. The highest BCUT2D eigenvalue weighted by molar-refractivity contribution is 6.05. The average Bonchev–Trinajstić information content (AvgIpc) is 3.04. The lowest BCUT2D eigenvalue weighted by Crippen LogP contribution is -2.43. The van der Waals surface area contributed by atoms with Gasteiger partial charge in [0.15, 0.2) is 5.76 Å². The fourth-order valence-electron chi connectivity index (χ4n) is 4.23. The summed E-state index contributed by atoms with van der Waals surface area (Å²) in [4.78, 5) is 26.8. The Bertz CT molecular complexity index is 1130. The fraction of sp³-hybridized carbons (Fsp3) is 0.440. The number of nitrogens with two attached hydrogens (primary N) is 1. The average molecular weight is 441 g/mol. The molecule has 2 aromatic rings. The van der Waals surface area contributed by atoms with E-state index in [1.54, 1.807) is 6.92 Å². The summed E-state index contributed by atoms with van der Waals surface area (Å²) in [5.41, 5.74) is 11.1. The third-order valence-electron chi connectivity index (χ3n) is 5.60. The minimum atomic E-state index is -0.790. The summed E-state index contributed by atoms with van der Waals surface area (Å²) in [6.07, 6.45) is 0.641. The molecule has 1 atom stereocenters. The van der Waals surface area contributed by atoms with Crippen LogP contribution in [0.1, 0.15) is 51.0 Å². The Morgan fingerprint density at radius 2 is 1.78 bits per heavy atom. The van der Waals surface area contributed by atoms with E-state index in [0.29, 0.717) is 17.8 Å². The lowest BCUT2D eigenvalue weighted by Gasteiger charge is -2.41. The Balaban J connectivity index is 2.40. The molecule has 172 valence electrons. The normalized spacial score (nSPS) is 17.2. The number of nitrogens with zero attached hydrogens (tertiary/aromatic N) is 1. The molecule has 3 rings (SSSR count). The molecule has 1 aromatic heterocycles. The van der Waals surface area contributed by atoms with Crippen LogP contribution < -0.4 is 16.5 Å². The maximum atomic E-state index is 13.1. The molecule has 1 aliphatic rings. The molecule has 0 spiro atoms. The van der Waals surface area contributed by atoms with E-state index in [1.165, 1.54) is 7.11 Å². The van der Waals surface area contributed by atoms with Gasteiger partial charge in [-0.1, -0.05) is 50.6 Å². The second-order valence-electron chi connectivity index (χ2n) is 9.37. The van der Waals surface area contributed by atoms with Crippen LogP contribution in [0.2, 0.25) is 0 Å². The van der Waals surface area contributed by atoms with Gasteiger partial charge in [0, 0.05) is 17.8 Å². The van der Waals surface area contributed by atoms with E-state index in [4.69, 9.17) is 19.3 Å². The Kier molecular flexibility index (Phi) is 6.51. The molecule has 2 N–H and O–H groups in total. The summed E-state index contributed by atoms with van der Waals surface area (Å²) in [5.74, 6) is -0.631. The molecule has 0 amide bonds. The van der Waals surface area contributed by atoms with Crippen molar-refractivity contribution in [1.29, 1.82) is 0 Å².